The molecule has 3 rings (SSSR count). The molecule has 130 valence electrons. The molecule has 0 aliphatic heterocycles. The molecule has 0 saturated carbocycles. The fourth-order valence-electron chi connectivity index (χ4n) is 2.52. The van der Waals surface area contributed by atoms with Crippen LogP contribution in [0.5, 0.6) is 0 Å². The Morgan fingerprint density at radius 1 is 1.16 bits per heavy atom. The van der Waals surface area contributed by atoms with Crippen molar-refractivity contribution in [2.24, 2.45) is 0 Å². The van der Waals surface area contributed by atoms with Gasteiger partial charge in [0.2, 0.25) is 0 Å². The van der Waals surface area contributed by atoms with Gasteiger partial charge in [-0.1, -0.05) is 18.2 Å². The lowest BCUT2D eigenvalue weighted by Gasteiger charge is -2.15. The van der Waals surface area contributed by atoms with Crippen molar-refractivity contribution in [1.82, 2.24) is 14.8 Å². The number of carbonyl (C=O) groups excluding carboxylic acids is 1. The van der Waals surface area contributed by atoms with Crippen LogP contribution >= 0.6 is 0 Å². The minimum Gasteiger partial charge on any atom is -0.306 e. The quantitative estimate of drug-likeness (QED) is 0.768. The molecule has 1 N–H and O–H groups in total. The van der Waals surface area contributed by atoms with E-state index in [-0.39, 0.29) is 5.82 Å². The van der Waals surface area contributed by atoms with E-state index in [4.69, 9.17) is 0 Å². The molecular formula is C17H15F3N4O. The van der Waals surface area contributed by atoms with Crippen LogP contribution in [0.4, 0.5) is 19.0 Å². The van der Waals surface area contributed by atoms with E-state index in [1.807, 2.05) is 12.1 Å². The van der Waals surface area contributed by atoms with Gasteiger partial charge >= 0.3 is 6.18 Å². The minimum atomic E-state index is -4.69. The summed E-state index contributed by atoms with van der Waals surface area (Å²) in [4.78, 5) is 16.6. The van der Waals surface area contributed by atoms with Crippen LogP contribution in [0.2, 0.25) is 0 Å². The molecule has 0 unspecified atom stereocenters. The van der Waals surface area contributed by atoms with Crippen molar-refractivity contribution < 1.29 is 18.0 Å². The van der Waals surface area contributed by atoms with Crippen molar-refractivity contribution in [2.45, 2.75) is 26.1 Å². The Hall–Kier alpha value is -2.90. The van der Waals surface area contributed by atoms with Gasteiger partial charge in [-0.3, -0.25) is 9.48 Å². The number of halogens is 3. The molecule has 1 amide bonds. The van der Waals surface area contributed by atoms with Crippen molar-refractivity contribution in [2.75, 3.05) is 5.32 Å². The number of para-hydroxylation sites is 1. The maximum atomic E-state index is 13.4. The van der Waals surface area contributed by atoms with E-state index < -0.39 is 29.4 Å². The second-order valence-corrected chi connectivity index (χ2v) is 5.79. The number of nitrogens with one attached hydrogen (secondary N) is 1. The predicted octanol–water partition coefficient (Wildman–Crippen LogP) is 4.28. The number of amides is 1. The molecule has 0 radical (unpaired) electrons. The highest BCUT2D eigenvalue weighted by molar-refractivity contribution is 6.05. The number of carbonyl (C=O) groups is 1. The molecule has 1 aromatic carbocycles. The lowest BCUT2D eigenvalue weighted by molar-refractivity contribution is -0.145. The summed E-state index contributed by atoms with van der Waals surface area (Å²) in [6.07, 6.45) is -3.76. The van der Waals surface area contributed by atoms with Crippen molar-refractivity contribution >= 4 is 22.6 Å². The zero-order valence-corrected chi connectivity index (χ0v) is 13.5. The van der Waals surface area contributed by atoms with E-state index in [1.54, 1.807) is 38.1 Å². The number of fused-ring (bicyclic) bond motifs is 1. The van der Waals surface area contributed by atoms with Crippen molar-refractivity contribution in [1.29, 1.82) is 0 Å². The number of hydrogen-bond acceptors (Lipinski definition) is 3. The monoisotopic (exact) mass is 348 g/mol. The molecule has 2 aromatic heterocycles. The first kappa shape index (κ1) is 16.9. The maximum absolute atomic E-state index is 13.4. The molecular weight excluding hydrogens is 333 g/mol. The van der Waals surface area contributed by atoms with Gasteiger partial charge in [-0.15, -0.1) is 0 Å². The number of hydrogen-bond donors (Lipinski definition) is 1. The molecule has 3 aromatic rings. The van der Waals surface area contributed by atoms with E-state index in [1.165, 1.54) is 0 Å². The van der Waals surface area contributed by atoms with Crippen molar-refractivity contribution in [3.8, 4) is 0 Å². The Morgan fingerprint density at radius 2 is 1.88 bits per heavy atom. The molecule has 5 nitrogen and oxygen atoms in total. The Kier molecular flexibility index (Phi) is 4.20. The number of anilines is 1. The fourth-order valence-corrected chi connectivity index (χ4v) is 2.52. The van der Waals surface area contributed by atoms with Crippen LogP contribution < -0.4 is 5.32 Å². The van der Waals surface area contributed by atoms with Gasteiger partial charge in [-0.05, 0) is 32.0 Å². The first-order valence-electron chi connectivity index (χ1n) is 7.59. The third-order valence-electron chi connectivity index (χ3n) is 3.64. The first-order valence-corrected chi connectivity index (χ1v) is 7.59. The Morgan fingerprint density at radius 3 is 2.56 bits per heavy atom. The number of alkyl halides is 3. The second kappa shape index (κ2) is 6.19. The molecule has 0 fully saturated rings. The summed E-state index contributed by atoms with van der Waals surface area (Å²) in [5, 5.41) is 6.99. The Bertz CT molecular complexity index is 931. The summed E-state index contributed by atoms with van der Waals surface area (Å²) < 4.78 is 40.9. The lowest BCUT2D eigenvalue weighted by atomic mass is 10.2. The standard InChI is InChI=1S/C17H15F3N4O/c1-10(2)24-15(17(18,19)20)12(9-21-24)16(25)23-14-8-7-11-5-3-4-6-13(11)22-14/h3-10H,1-2H3,(H,22,23,25). The molecule has 0 aliphatic carbocycles. The molecule has 2 heterocycles. The summed E-state index contributed by atoms with van der Waals surface area (Å²) in [7, 11) is 0. The fraction of sp³-hybridized carbons (Fsp3) is 0.235. The van der Waals surface area contributed by atoms with E-state index in [9.17, 15) is 18.0 Å². The third-order valence-corrected chi connectivity index (χ3v) is 3.64. The molecule has 0 bridgehead atoms. The summed E-state index contributed by atoms with van der Waals surface area (Å²) in [5.41, 5.74) is -0.967. The lowest BCUT2D eigenvalue weighted by Crippen LogP contribution is -2.22. The van der Waals surface area contributed by atoms with Gasteiger partial charge in [-0.25, -0.2) is 4.98 Å². The zero-order valence-electron chi connectivity index (χ0n) is 13.5. The number of aromatic nitrogens is 3. The van der Waals surface area contributed by atoms with E-state index in [2.05, 4.69) is 15.4 Å². The van der Waals surface area contributed by atoms with Crippen LogP contribution in [0.15, 0.2) is 42.6 Å². The van der Waals surface area contributed by atoms with E-state index in [0.717, 1.165) is 16.3 Å². The summed E-state index contributed by atoms with van der Waals surface area (Å²) in [6, 6.07) is 9.98. The van der Waals surface area contributed by atoms with Crippen LogP contribution in [0.25, 0.3) is 10.9 Å². The van der Waals surface area contributed by atoms with Gasteiger partial charge in [0.05, 0.1) is 17.3 Å². The Labute approximate surface area is 141 Å². The number of benzene rings is 1. The highest BCUT2D eigenvalue weighted by Gasteiger charge is 2.40. The van der Waals surface area contributed by atoms with Gasteiger partial charge in [0.15, 0.2) is 5.69 Å². The molecule has 0 aliphatic rings. The number of rotatable bonds is 3. The maximum Gasteiger partial charge on any atom is 0.433 e. The SMILES string of the molecule is CC(C)n1ncc(C(=O)Nc2ccc3ccccc3n2)c1C(F)(F)F. The second-order valence-electron chi connectivity index (χ2n) is 5.79. The highest BCUT2D eigenvalue weighted by atomic mass is 19.4. The highest BCUT2D eigenvalue weighted by Crippen LogP contribution is 2.33. The summed E-state index contributed by atoms with van der Waals surface area (Å²) >= 11 is 0. The van der Waals surface area contributed by atoms with Gasteiger partial charge in [-0.2, -0.15) is 18.3 Å². The number of pyridine rings is 1. The van der Waals surface area contributed by atoms with Crippen LogP contribution in [-0.4, -0.2) is 20.7 Å². The van der Waals surface area contributed by atoms with Crippen molar-refractivity contribution in [3.63, 3.8) is 0 Å². The van der Waals surface area contributed by atoms with Crippen LogP contribution in [0.3, 0.4) is 0 Å². The zero-order chi connectivity index (χ0) is 18.2. The van der Waals surface area contributed by atoms with Gasteiger partial charge in [0.25, 0.3) is 5.91 Å². The topological polar surface area (TPSA) is 59.8 Å². The van der Waals surface area contributed by atoms with Crippen LogP contribution in [0, 0.1) is 0 Å². The van der Waals surface area contributed by atoms with Gasteiger partial charge in [0, 0.05) is 11.4 Å². The minimum absolute atomic E-state index is 0.175. The van der Waals surface area contributed by atoms with Crippen LogP contribution in [0.1, 0.15) is 35.9 Å². The van der Waals surface area contributed by atoms with Crippen molar-refractivity contribution in [3.05, 3.63) is 53.9 Å². The molecule has 0 atom stereocenters. The largest absolute Gasteiger partial charge is 0.433 e. The summed E-state index contributed by atoms with van der Waals surface area (Å²) in [5.74, 6) is -0.726. The smallest absolute Gasteiger partial charge is 0.306 e. The predicted molar refractivity (Wildman–Crippen MR) is 87.3 cm³/mol. The number of nitrogens with zero attached hydrogens (tertiary/aromatic N) is 3. The Balaban J connectivity index is 1.95. The van der Waals surface area contributed by atoms with E-state index in [0.29, 0.717) is 5.52 Å². The molecule has 0 spiro atoms. The molecule has 0 saturated heterocycles. The normalized spacial score (nSPS) is 11.9. The average Bonchev–Trinajstić information content (AvgIpc) is 3.00. The molecule has 8 heteroatoms. The summed E-state index contributed by atoms with van der Waals surface area (Å²) in [6.45, 7) is 3.13. The van der Waals surface area contributed by atoms with Crippen LogP contribution in [-0.2, 0) is 6.18 Å². The van der Waals surface area contributed by atoms with E-state index >= 15 is 0 Å². The molecule has 25 heavy (non-hydrogen) atoms. The van der Waals surface area contributed by atoms with Gasteiger partial charge < -0.3 is 5.32 Å². The first-order chi connectivity index (χ1) is 11.8. The average molecular weight is 348 g/mol. The van der Waals surface area contributed by atoms with Gasteiger partial charge in [0.1, 0.15) is 5.82 Å². The third kappa shape index (κ3) is 3.33.